The second-order valence-corrected chi connectivity index (χ2v) is 15.5. The Hall–Kier alpha value is -3.99. The van der Waals surface area contributed by atoms with Gasteiger partial charge in [-0.3, -0.25) is 14.3 Å². The molecule has 1 fully saturated rings. The van der Waals surface area contributed by atoms with Crippen LogP contribution in [-0.4, -0.2) is 72.2 Å². The number of benzene rings is 3. The van der Waals surface area contributed by atoms with Gasteiger partial charge in [0.25, 0.3) is 14.1 Å². The zero-order valence-electron chi connectivity index (χ0n) is 31.8. The Labute approximate surface area is 322 Å². The van der Waals surface area contributed by atoms with E-state index in [0.717, 1.165) is 16.7 Å². The molecule has 0 spiro atoms. The highest BCUT2D eigenvalue weighted by Gasteiger charge is 2.45. The first-order valence-electron chi connectivity index (χ1n) is 17.8. The van der Waals surface area contributed by atoms with Crippen LogP contribution in [0.2, 0.25) is 0 Å². The summed E-state index contributed by atoms with van der Waals surface area (Å²) in [6, 6.07) is 27.8. The van der Waals surface area contributed by atoms with Crippen molar-refractivity contribution in [1.82, 2.24) is 14.2 Å². The molecule has 1 aliphatic heterocycles. The molecule has 1 aliphatic rings. The molecule has 0 amide bonds. The molecule has 0 saturated carbocycles. The molecule has 0 radical (unpaired) electrons. The second kappa shape index (κ2) is 19.0. The molecule has 1 unspecified atom stereocenters. The molecule has 54 heavy (non-hydrogen) atoms. The van der Waals surface area contributed by atoms with Gasteiger partial charge in [0, 0.05) is 24.7 Å². The lowest BCUT2D eigenvalue weighted by atomic mass is 9.80. The molecule has 14 heteroatoms. The summed E-state index contributed by atoms with van der Waals surface area (Å²) < 4.78 is 41.7. The van der Waals surface area contributed by atoms with Crippen LogP contribution in [0.25, 0.3) is 0 Å². The molecule has 5 rings (SSSR count). The zero-order chi connectivity index (χ0) is 38.8. The molecule has 12 nitrogen and oxygen atoms in total. The number of ether oxygens (including phenoxy) is 4. The van der Waals surface area contributed by atoms with Gasteiger partial charge in [0.15, 0.2) is 0 Å². The van der Waals surface area contributed by atoms with Gasteiger partial charge in [-0.05, 0) is 74.9 Å². The number of hydrogen-bond donors (Lipinski definition) is 1. The Kier molecular flexibility index (Phi) is 14.5. The Morgan fingerprint density at radius 1 is 0.944 bits per heavy atom. The molecule has 4 atom stereocenters. The highest BCUT2D eigenvalue weighted by molar-refractivity contribution is 7.98. The van der Waals surface area contributed by atoms with Crippen LogP contribution in [-0.2, 0) is 24.1 Å². The number of rotatable bonds is 18. The maximum absolute atomic E-state index is 13.2. The molecule has 288 valence electrons. The van der Waals surface area contributed by atoms with E-state index in [2.05, 4.69) is 43.4 Å². The predicted molar refractivity (Wildman–Crippen MR) is 210 cm³/mol. The van der Waals surface area contributed by atoms with Crippen molar-refractivity contribution in [2.24, 2.45) is 0 Å². The van der Waals surface area contributed by atoms with Gasteiger partial charge in [-0.15, -0.1) is 11.8 Å². The van der Waals surface area contributed by atoms with Crippen LogP contribution < -0.4 is 20.7 Å². The highest BCUT2D eigenvalue weighted by Crippen LogP contribution is 2.50. The minimum Gasteiger partial charge on any atom is -0.497 e. The van der Waals surface area contributed by atoms with Gasteiger partial charge in [0.05, 0.1) is 50.9 Å². The van der Waals surface area contributed by atoms with E-state index in [1.807, 2.05) is 78.9 Å². The summed E-state index contributed by atoms with van der Waals surface area (Å²) in [5, 5.41) is 9.31. The van der Waals surface area contributed by atoms with Gasteiger partial charge in [0.2, 0.25) is 0 Å². The minimum atomic E-state index is -1.67. The third-order valence-electron chi connectivity index (χ3n) is 9.17. The molecule has 1 saturated heterocycles. The number of nitrogens with zero attached hydrogens (tertiary/aromatic N) is 3. The first-order valence-corrected chi connectivity index (χ1v) is 20.2. The van der Waals surface area contributed by atoms with Crippen molar-refractivity contribution in [3.63, 3.8) is 0 Å². The van der Waals surface area contributed by atoms with E-state index in [1.54, 1.807) is 20.5 Å². The van der Waals surface area contributed by atoms with E-state index >= 15 is 0 Å². The topological polar surface area (TPSA) is 137 Å². The van der Waals surface area contributed by atoms with Crippen molar-refractivity contribution in [3.05, 3.63) is 123 Å². The molecule has 0 bridgehead atoms. The minimum absolute atomic E-state index is 0.0341. The molecule has 1 aromatic heterocycles. The number of nitrogens with one attached hydrogen (secondary N) is 1. The normalized spacial score (nSPS) is 17.9. The summed E-state index contributed by atoms with van der Waals surface area (Å²) in [5.41, 5.74) is 0.392. The fraction of sp³-hybridized carbons (Fsp3) is 0.425. The van der Waals surface area contributed by atoms with Crippen LogP contribution >= 0.6 is 20.3 Å². The number of aromatic nitrogens is 2. The lowest BCUT2D eigenvalue weighted by Crippen LogP contribution is -2.39. The third-order valence-corrected chi connectivity index (χ3v) is 12.1. The SMILES string of the molecule is COc1ccc(C(OC[C@H]2O[C@@H](n3cc(SC)c(=O)[nH]c3=O)C[C@@H]2OP(OCCC#N)N(C(C)C)C(C)C)(c2ccccc2)c2ccc(OC)cc2)cc1. The Morgan fingerprint density at radius 3 is 2.04 bits per heavy atom. The summed E-state index contributed by atoms with van der Waals surface area (Å²) in [5.74, 6) is 1.40. The summed E-state index contributed by atoms with van der Waals surface area (Å²) in [6.07, 6.45) is 1.68. The number of thioether (sulfide) groups is 1. The lowest BCUT2D eigenvalue weighted by molar-refractivity contribution is -0.0926. The van der Waals surface area contributed by atoms with Crippen LogP contribution in [0.3, 0.4) is 0 Å². The van der Waals surface area contributed by atoms with Crippen LogP contribution in [0.15, 0.2) is 99.5 Å². The van der Waals surface area contributed by atoms with Gasteiger partial charge in [-0.25, -0.2) is 9.46 Å². The molecule has 3 aromatic carbocycles. The molecule has 0 aliphatic carbocycles. The Bertz CT molecular complexity index is 1890. The van der Waals surface area contributed by atoms with E-state index in [-0.39, 0.29) is 38.1 Å². The fourth-order valence-corrected chi connectivity index (χ4v) is 8.86. The standard InChI is InChI=1S/C40H49N4O8PS/c1-27(2)44(28(3)4)53(50-23-11-22-41)52-34-24-37(43-25-36(54-7)38(45)42-39(43)46)51-35(34)26-49-40(29-12-9-8-10-13-29,30-14-18-32(47-5)19-15-30)31-16-20-33(48-6)21-17-31/h8-10,12-21,25,27-28,34-35,37H,11,23-24,26H2,1-7H3,(H,42,45,46)/t34-,35+,37+,53?/m0/s1. The number of hydrogen-bond acceptors (Lipinski definition) is 11. The number of methoxy groups -OCH3 is 2. The van der Waals surface area contributed by atoms with E-state index in [0.29, 0.717) is 16.4 Å². The number of nitriles is 1. The van der Waals surface area contributed by atoms with E-state index in [4.69, 9.17) is 28.0 Å². The third kappa shape index (κ3) is 9.27. The van der Waals surface area contributed by atoms with Gasteiger partial charge < -0.3 is 28.0 Å². The van der Waals surface area contributed by atoms with Gasteiger partial charge in [-0.1, -0.05) is 54.6 Å². The first kappa shape index (κ1) is 41.2. The van der Waals surface area contributed by atoms with Gasteiger partial charge >= 0.3 is 5.69 Å². The second-order valence-electron chi connectivity index (χ2n) is 13.2. The maximum atomic E-state index is 13.2. The lowest BCUT2D eigenvalue weighted by Gasteiger charge is -2.39. The number of H-pyrrole nitrogens is 1. The molecule has 1 N–H and O–H groups in total. The van der Waals surface area contributed by atoms with Crippen molar-refractivity contribution in [1.29, 1.82) is 5.26 Å². The van der Waals surface area contributed by atoms with Crippen molar-refractivity contribution < 1.29 is 28.0 Å². The number of aromatic amines is 1. The molecule has 2 heterocycles. The van der Waals surface area contributed by atoms with E-state index in [1.165, 1.54) is 22.5 Å². The summed E-state index contributed by atoms with van der Waals surface area (Å²) in [7, 11) is 1.58. The zero-order valence-corrected chi connectivity index (χ0v) is 33.5. The first-order chi connectivity index (χ1) is 26.1. The molecular formula is C40H49N4O8PS. The maximum Gasteiger partial charge on any atom is 0.330 e. The van der Waals surface area contributed by atoms with Crippen molar-refractivity contribution in [2.75, 3.05) is 33.7 Å². The van der Waals surface area contributed by atoms with Gasteiger partial charge in [0.1, 0.15) is 29.4 Å². The van der Waals surface area contributed by atoms with Crippen molar-refractivity contribution in [2.45, 2.75) is 81.6 Å². The van der Waals surface area contributed by atoms with Crippen molar-refractivity contribution in [3.8, 4) is 17.6 Å². The van der Waals surface area contributed by atoms with Crippen molar-refractivity contribution >= 4 is 20.3 Å². The van der Waals surface area contributed by atoms with E-state index in [9.17, 15) is 14.9 Å². The quantitative estimate of drug-likeness (QED) is 0.0474. The summed E-state index contributed by atoms with van der Waals surface area (Å²) >= 11 is 1.24. The predicted octanol–water partition coefficient (Wildman–Crippen LogP) is 7.23. The average Bonchev–Trinajstić information content (AvgIpc) is 3.57. The largest absolute Gasteiger partial charge is 0.497 e. The van der Waals surface area contributed by atoms with Crippen LogP contribution in [0.1, 0.15) is 63.5 Å². The Balaban J connectivity index is 1.61. The summed E-state index contributed by atoms with van der Waals surface area (Å²) in [4.78, 5) is 28.5. The average molecular weight is 777 g/mol. The van der Waals surface area contributed by atoms with Crippen LogP contribution in [0.5, 0.6) is 11.5 Å². The monoisotopic (exact) mass is 776 g/mol. The van der Waals surface area contributed by atoms with Crippen LogP contribution in [0.4, 0.5) is 0 Å². The Morgan fingerprint density at radius 2 is 1.52 bits per heavy atom. The molecule has 4 aromatic rings. The van der Waals surface area contributed by atoms with Gasteiger partial charge in [-0.2, -0.15) is 5.26 Å². The fourth-order valence-electron chi connectivity index (χ4n) is 6.65. The van der Waals surface area contributed by atoms with Crippen LogP contribution in [0, 0.1) is 11.3 Å². The molecular weight excluding hydrogens is 728 g/mol. The summed E-state index contributed by atoms with van der Waals surface area (Å²) in [6.45, 7) is 8.52. The highest BCUT2D eigenvalue weighted by atomic mass is 32.2. The smallest absolute Gasteiger partial charge is 0.330 e. The van der Waals surface area contributed by atoms with E-state index < -0.39 is 43.8 Å².